The lowest BCUT2D eigenvalue weighted by atomic mass is 9.84. The molecule has 10 aromatic rings. The Morgan fingerprint density at radius 1 is 0.524 bits per heavy atom. The standard InChI is InChI=1S/C58H44N4O/c1-58(2,3)41-18-11-16-39(34-41)46-24-13-25-50-47-22-5-4-21-45(47)38-15-10-17-40(33-38)51-26-14-30-56(59-51)62-52-27-7-6-23-48(52)49-32-31-44(36-55(49)62)63-43-20-12-19-42(35-43)60-37-61(57(46)50)54-29-9-8-28-53(54)60/h4-36H,37H2,1-3H3/i6D,7D,23D,27D,31D,32D. The van der Waals surface area contributed by atoms with E-state index >= 15 is 0 Å². The van der Waals surface area contributed by atoms with E-state index in [0.717, 1.165) is 61.7 Å². The fourth-order valence-corrected chi connectivity index (χ4v) is 9.29. The highest BCUT2D eigenvalue weighted by atomic mass is 16.5. The number of anilines is 4. The summed E-state index contributed by atoms with van der Waals surface area (Å²) >= 11 is 0. The van der Waals surface area contributed by atoms with Crippen LogP contribution in [-0.4, -0.2) is 16.2 Å². The Hall–Kier alpha value is -7.89. The van der Waals surface area contributed by atoms with Crippen LogP contribution in [0.1, 0.15) is 34.6 Å². The third-order valence-electron chi connectivity index (χ3n) is 12.3. The summed E-state index contributed by atoms with van der Waals surface area (Å²) in [6.45, 7) is 7.21. The van der Waals surface area contributed by atoms with Crippen molar-refractivity contribution in [2.45, 2.75) is 26.2 Å². The Bertz CT molecular complexity index is 3780. The largest absolute Gasteiger partial charge is 0.457 e. The molecule has 2 aliphatic rings. The minimum Gasteiger partial charge on any atom is -0.457 e. The molecule has 0 atom stereocenters. The summed E-state index contributed by atoms with van der Waals surface area (Å²) in [6.07, 6.45) is 0. The van der Waals surface area contributed by atoms with Crippen molar-refractivity contribution in [3.63, 3.8) is 0 Å². The Morgan fingerprint density at radius 3 is 2.08 bits per heavy atom. The second-order valence-electron chi connectivity index (χ2n) is 17.2. The maximum Gasteiger partial charge on any atom is 0.138 e. The van der Waals surface area contributed by atoms with E-state index in [-0.39, 0.29) is 51.6 Å². The number of hydrogen-bond acceptors (Lipinski definition) is 4. The molecule has 302 valence electrons. The highest BCUT2D eigenvalue weighted by molar-refractivity contribution is 6.09. The first-order chi connectivity index (χ1) is 33.4. The van der Waals surface area contributed by atoms with Crippen molar-refractivity contribution in [1.29, 1.82) is 0 Å². The summed E-state index contributed by atoms with van der Waals surface area (Å²) in [6, 6.07) is 54.0. The van der Waals surface area contributed by atoms with Crippen molar-refractivity contribution in [2.75, 3.05) is 16.5 Å². The van der Waals surface area contributed by atoms with E-state index in [1.807, 2.05) is 48.5 Å². The van der Waals surface area contributed by atoms with Crippen LogP contribution in [0.5, 0.6) is 11.5 Å². The minimum atomic E-state index is -0.419. The maximum absolute atomic E-state index is 9.45. The first-order valence-electron chi connectivity index (χ1n) is 24.2. The predicted molar refractivity (Wildman–Crippen MR) is 261 cm³/mol. The predicted octanol–water partition coefficient (Wildman–Crippen LogP) is 15.5. The third kappa shape index (κ3) is 6.19. The zero-order valence-corrected chi connectivity index (χ0v) is 35.0. The summed E-state index contributed by atoms with van der Waals surface area (Å²) in [5, 5.41) is 0.357. The van der Waals surface area contributed by atoms with E-state index in [1.165, 1.54) is 5.56 Å². The molecule has 0 saturated heterocycles. The maximum atomic E-state index is 9.45. The molecule has 10 bridgehead atoms. The molecular formula is C58H44N4O. The van der Waals surface area contributed by atoms with Gasteiger partial charge in [0.25, 0.3) is 0 Å². The lowest BCUT2D eigenvalue weighted by Crippen LogP contribution is -2.25. The van der Waals surface area contributed by atoms with Crippen LogP contribution in [0.25, 0.3) is 72.3 Å². The van der Waals surface area contributed by atoms with E-state index < -0.39 is 12.1 Å². The number of para-hydroxylation sites is 4. The minimum absolute atomic E-state index is 0.0660. The average molecular weight is 819 g/mol. The monoisotopic (exact) mass is 818 g/mol. The van der Waals surface area contributed by atoms with Crippen molar-refractivity contribution in [1.82, 2.24) is 9.55 Å². The molecule has 0 aliphatic carbocycles. The van der Waals surface area contributed by atoms with Gasteiger partial charge in [-0.3, -0.25) is 4.57 Å². The highest BCUT2D eigenvalue weighted by Crippen LogP contribution is 2.52. The average Bonchev–Trinajstić information content (AvgIpc) is 3.93. The number of pyridine rings is 1. The number of rotatable bonds is 1. The van der Waals surface area contributed by atoms with E-state index in [1.54, 1.807) is 16.7 Å². The Labute approximate surface area is 376 Å². The molecule has 63 heavy (non-hydrogen) atoms. The lowest BCUT2D eigenvalue weighted by Gasteiger charge is -2.28. The molecule has 0 radical (unpaired) electrons. The third-order valence-corrected chi connectivity index (χ3v) is 12.3. The van der Waals surface area contributed by atoms with Gasteiger partial charge in [0.15, 0.2) is 0 Å². The second-order valence-corrected chi connectivity index (χ2v) is 17.2. The van der Waals surface area contributed by atoms with Gasteiger partial charge >= 0.3 is 0 Å². The molecule has 2 aromatic heterocycles. The molecule has 12 rings (SSSR count). The van der Waals surface area contributed by atoms with E-state index in [0.29, 0.717) is 29.4 Å². The Balaban J connectivity index is 1.16. The van der Waals surface area contributed by atoms with Crippen LogP contribution in [0.4, 0.5) is 22.7 Å². The van der Waals surface area contributed by atoms with Gasteiger partial charge in [-0.2, -0.15) is 0 Å². The smallest absolute Gasteiger partial charge is 0.138 e. The molecule has 0 unspecified atom stereocenters. The second kappa shape index (κ2) is 14.4. The number of aromatic nitrogens is 2. The van der Waals surface area contributed by atoms with Gasteiger partial charge in [-0.05, 0) is 93.8 Å². The molecule has 0 spiro atoms. The van der Waals surface area contributed by atoms with Crippen LogP contribution < -0.4 is 14.5 Å². The van der Waals surface area contributed by atoms with Crippen LogP contribution in [-0.2, 0) is 5.41 Å². The Morgan fingerprint density at radius 2 is 1.21 bits per heavy atom. The fraction of sp³-hybridized carbons (Fsp3) is 0.0862. The summed E-state index contributed by atoms with van der Waals surface area (Å²) in [7, 11) is 0. The summed E-state index contributed by atoms with van der Waals surface area (Å²) in [5.41, 5.74) is 13.5. The topological polar surface area (TPSA) is 33.5 Å². The van der Waals surface area contributed by atoms with E-state index in [4.69, 9.17) is 13.8 Å². The molecule has 5 heteroatoms. The van der Waals surface area contributed by atoms with Crippen LogP contribution >= 0.6 is 0 Å². The lowest BCUT2D eigenvalue weighted by molar-refractivity contribution is 0.483. The van der Waals surface area contributed by atoms with Gasteiger partial charge in [0.2, 0.25) is 0 Å². The van der Waals surface area contributed by atoms with Crippen LogP contribution in [0.3, 0.4) is 0 Å². The van der Waals surface area contributed by atoms with Gasteiger partial charge in [-0.1, -0.05) is 148 Å². The summed E-state index contributed by atoms with van der Waals surface area (Å²) in [4.78, 5) is 9.88. The molecule has 0 fully saturated rings. The van der Waals surface area contributed by atoms with E-state index in [9.17, 15) is 4.11 Å². The molecule has 8 aromatic carbocycles. The first-order valence-corrected chi connectivity index (χ1v) is 21.2. The van der Waals surface area contributed by atoms with Crippen molar-refractivity contribution >= 4 is 44.6 Å². The van der Waals surface area contributed by atoms with Gasteiger partial charge < -0.3 is 14.5 Å². The highest BCUT2D eigenvalue weighted by Gasteiger charge is 2.32. The van der Waals surface area contributed by atoms with Crippen LogP contribution in [0.15, 0.2) is 200 Å². The Kier molecular flexibility index (Phi) is 7.07. The van der Waals surface area contributed by atoms with Gasteiger partial charge in [-0.25, -0.2) is 4.98 Å². The zero-order valence-electron chi connectivity index (χ0n) is 41.0. The van der Waals surface area contributed by atoms with Crippen molar-refractivity contribution in [3.8, 4) is 62.0 Å². The number of fused-ring (bicyclic) bond motifs is 23. The van der Waals surface area contributed by atoms with Crippen LogP contribution in [0.2, 0.25) is 0 Å². The number of benzene rings is 8. The van der Waals surface area contributed by atoms with Gasteiger partial charge in [0.1, 0.15) is 24.0 Å². The zero-order chi connectivity index (χ0) is 47.5. The summed E-state index contributed by atoms with van der Waals surface area (Å²) < 4.78 is 62.7. The van der Waals surface area contributed by atoms with Gasteiger partial charge in [-0.15, -0.1) is 0 Å². The van der Waals surface area contributed by atoms with Crippen molar-refractivity contribution in [2.24, 2.45) is 0 Å². The normalized spacial score (nSPS) is 14.3. The number of nitrogens with zero attached hydrogens (tertiary/aromatic N) is 4. The first kappa shape index (κ1) is 31.0. The van der Waals surface area contributed by atoms with Crippen molar-refractivity contribution in [3.05, 3.63) is 206 Å². The van der Waals surface area contributed by atoms with Crippen molar-refractivity contribution < 1.29 is 13.0 Å². The molecule has 0 saturated carbocycles. The molecule has 5 nitrogen and oxygen atoms in total. The SMILES string of the molecule is [2H]c1c2cc3c(c1[2H])c1c([2H])c([2H])c([2H])c([2H])c1n3-c1cccc(n1)-c1cccc(c1)-c1ccccc1-c1cccc(-c3cccc(C(C)(C)C)c3)c1N1CN(c3cccc(c3)O2)c2ccccc21. The van der Waals surface area contributed by atoms with E-state index in [2.05, 4.69) is 134 Å². The molecular weight excluding hydrogens is 769 g/mol. The summed E-state index contributed by atoms with van der Waals surface area (Å²) in [5.74, 6) is 0.922. The van der Waals surface area contributed by atoms with Gasteiger partial charge in [0, 0.05) is 45.3 Å². The molecule has 0 N–H and O–H groups in total. The molecule has 2 aliphatic heterocycles. The number of hydrogen-bond donors (Lipinski definition) is 0. The molecule has 0 amide bonds. The molecule has 4 heterocycles. The van der Waals surface area contributed by atoms with Crippen LogP contribution in [0, 0.1) is 0 Å². The number of ether oxygens (including phenoxy) is 1. The fourth-order valence-electron chi connectivity index (χ4n) is 9.29. The quantitative estimate of drug-likeness (QED) is 0.165. The van der Waals surface area contributed by atoms with Gasteiger partial charge in [0.05, 0.1) is 42.0 Å².